The first-order valence-electron chi connectivity index (χ1n) is 5.70. The predicted octanol–water partition coefficient (Wildman–Crippen LogP) is 4.64. The molecule has 0 aliphatic carbocycles. The summed E-state index contributed by atoms with van der Waals surface area (Å²) < 4.78 is 38.4. The zero-order valence-electron chi connectivity index (χ0n) is 10.5. The van der Waals surface area contributed by atoms with Crippen molar-refractivity contribution in [1.82, 2.24) is 4.98 Å². The van der Waals surface area contributed by atoms with Gasteiger partial charge in [-0.05, 0) is 31.5 Å². The number of rotatable bonds is 3. The minimum absolute atomic E-state index is 0.0729. The third kappa shape index (κ3) is 3.26. The van der Waals surface area contributed by atoms with Crippen molar-refractivity contribution in [2.45, 2.75) is 26.1 Å². The van der Waals surface area contributed by atoms with Crippen LogP contribution in [0.5, 0.6) is 0 Å². The molecule has 19 heavy (non-hydrogen) atoms. The molecule has 2 aromatic rings. The number of benzene rings is 1. The van der Waals surface area contributed by atoms with Gasteiger partial charge in [-0.1, -0.05) is 6.07 Å². The Hall–Kier alpha value is -1.56. The van der Waals surface area contributed by atoms with E-state index in [0.29, 0.717) is 5.69 Å². The molecule has 1 unspecified atom stereocenters. The van der Waals surface area contributed by atoms with Crippen molar-refractivity contribution >= 4 is 17.0 Å². The number of aryl methyl sites for hydroxylation is 1. The van der Waals surface area contributed by atoms with Gasteiger partial charge in [0, 0.05) is 16.8 Å². The second kappa shape index (κ2) is 5.21. The number of hydrogen-bond donors (Lipinski definition) is 1. The average molecular weight is 286 g/mol. The van der Waals surface area contributed by atoms with E-state index in [1.165, 1.54) is 24.3 Å². The highest BCUT2D eigenvalue weighted by Crippen LogP contribution is 2.34. The van der Waals surface area contributed by atoms with Gasteiger partial charge >= 0.3 is 6.18 Å². The Bertz CT molecular complexity index is 550. The zero-order valence-corrected chi connectivity index (χ0v) is 11.3. The number of aromatic nitrogens is 1. The number of nitrogens with zero attached hydrogens (tertiary/aromatic N) is 1. The van der Waals surface area contributed by atoms with Gasteiger partial charge in [-0.25, -0.2) is 0 Å². The van der Waals surface area contributed by atoms with Gasteiger partial charge in [0.05, 0.1) is 17.1 Å². The maximum atomic E-state index is 12.8. The lowest BCUT2D eigenvalue weighted by Gasteiger charge is -2.16. The summed E-state index contributed by atoms with van der Waals surface area (Å²) in [4.78, 5) is 4.94. The van der Waals surface area contributed by atoms with Gasteiger partial charge in [-0.15, -0.1) is 11.3 Å². The number of halogens is 3. The summed E-state index contributed by atoms with van der Waals surface area (Å²) in [6.07, 6.45) is -2.61. The van der Waals surface area contributed by atoms with E-state index >= 15 is 0 Å². The zero-order chi connectivity index (χ0) is 14.0. The Morgan fingerprint density at radius 3 is 2.63 bits per heavy atom. The molecule has 1 aromatic heterocycles. The van der Waals surface area contributed by atoms with Crippen molar-refractivity contribution in [3.05, 3.63) is 45.9 Å². The summed E-state index contributed by atoms with van der Waals surface area (Å²) >= 11 is 1.47. The highest BCUT2D eigenvalue weighted by atomic mass is 32.1. The fourth-order valence-electron chi connectivity index (χ4n) is 1.78. The van der Waals surface area contributed by atoms with Crippen LogP contribution < -0.4 is 5.32 Å². The standard InChI is InChI=1S/C13H13F3N2S/c1-8-3-4-10(5-11(8)13(14,15)16)18-9(2)12-6-17-7-19-12/h3-7,9,18H,1-2H3. The molecule has 0 saturated carbocycles. The van der Waals surface area contributed by atoms with E-state index in [-0.39, 0.29) is 11.6 Å². The summed E-state index contributed by atoms with van der Waals surface area (Å²) in [5.74, 6) is 0. The van der Waals surface area contributed by atoms with E-state index in [1.54, 1.807) is 17.8 Å². The van der Waals surface area contributed by atoms with Crippen LogP contribution >= 0.6 is 11.3 Å². The molecule has 6 heteroatoms. The summed E-state index contributed by atoms with van der Waals surface area (Å²) in [6, 6.07) is 4.20. The minimum Gasteiger partial charge on any atom is -0.378 e. The highest BCUT2D eigenvalue weighted by Gasteiger charge is 2.32. The number of thiazole rings is 1. The SMILES string of the molecule is Cc1ccc(NC(C)c2cncs2)cc1C(F)(F)F. The lowest BCUT2D eigenvalue weighted by atomic mass is 10.1. The summed E-state index contributed by atoms with van der Waals surface area (Å²) in [5, 5.41) is 3.05. The van der Waals surface area contributed by atoms with Crippen LogP contribution in [0.25, 0.3) is 0 Å². The third-order valence-electron chi connectivity index (χ3n) is 2.80. The maximum Gasteiger partial charge on any atom is 0.416 e. The maximum absolute atomic E-state index is 12.8. The lowest BCUT2D eigenvalue weighted by molar-refractivity contribution is -0.138. The second-order valence-corrected chi connectivity index (χ2v) is 5.22. The number of nitrogens with one attached hydrogen (secondary N) is 1. The van der Waals surface area contributed by atoms with Crippen LogP contribution in [0.1, 0.15) is 29.0 Å². The van der Waals surface area contributed by atoms with Crippen molar-refractivity contribution in [2.24, 2.45) is 0 Å². The van der Waals surface area contributed by atoms with Crippen LogP contribution in [0.4, 0.5) is 18.9 Å². The van der Waals surface area contributed by atoms with Crippen LogP contribution in [0.15, 0.2) is 29.9 Å². The van der Waals surface area contributed by atoms with Gasteiger partial charge in [-0.3, -0.25) is 4.98 Å². The van der Waals surface area contributed by atoms with Crippen molar-refractivity contribution < 1.29 is 13.2 Å². The Morgan fingerprint density at radius 2 is 2.05 bits per heavy atom. The van der Waals surface area contributed by atoms with E-state index in [1.807, 2.05) is 6.92 Å². The number of hydrogen-bond acceptors (Lipinski definition) is 3. The highest BCUT2D eigenvalue weighted by molar-refractivity contribution is 7.09. The molecule has 1 aromatic carbocycles. The number of anilines is 1. The fraction of sp³-hybridized carbons (Fsp3) is 0.308. The Labute approximate surface area is 113 Å². The van der Waals surface area contributed by atoms with Gasteiger partial charge < -0.3 is 5.32 Å². The van der Waals surface area contributed by atoms with Crippen LogP contribution in [0.2, 0.25) is 0 Å². The molecule has 2 rings (SSSR count). The molecule has 0 aliphatic rings. The molecule has 1 atom stereocenters. The molecule has 0 aliphatic heterocycles. The van der Waals surface area contributed by atoms with Gasteiger partial charge in [0.2, 0.25) is 0 Å². The van der Waals surface area contributed by atoms with E-state index in [2.05, 4.69) is 10.3 Å². The van der Waals surface area contributed by atoms with Gasteiger partial charge in [-0.2, -0.15) is 13.2 Å². The molecule has 1 N–H and O–H groups in total. The molecule has 0 saturated heterocycles. The van der Waals surface area contributed by atoms with Crippen molar-refractivity contribution in [2.75, 3.05) is 5.32 Å². The first-order chi connectivity index (χ1) is 8.88. The monoisotopic (exact) mass is 286 g/mol. The molecular weight excluding hydrogens is 273 g/mol. The minimum atomic E-state index is -4.32. The Balaban J connectivity index is 2.22. The molecule has 102 valence electrons. The molecule has 0 bridgehead atoms. The van der Waals surface area contributed by atoms with Gasteiger partial charge in [0.1, 0.15) is 0 Å². The Morgan fingerprint density at radius 1 is 1.32 bits per heavy atom. The molecule has 0 spiro atoms. The third-order valence-corrected chi connectivity index (χ3v) is 3.76. The molecule has 0 amide bonds. The quantitative estimate of drug-likeness (QED) is 0.888. The largest absolute Gasteiger partial charge is 0.416 e. The van der Waals surface area contributed by atoms with Gasteiger partial charge in [0.15, 0.2) is 0 Å². The molecular formula is C13H13F3N2S. The summed E-state index contributed by atoms with van der Waals surface area (Å²) in [6.45, 7) is 3.35. The van der Waals surface area contributed by atoms with E-state index < -0.39 is 11.7 Å². The molecule has 0 fully saturated rings. The number of alkyl halides is 3. The molecule has 0 radical (unpaired) electrons. The van der Waals surface area contributed by atoms with E-state index in [9.17, 15) is 13.2 Å². The normalized spacial score (nSPS) is 13.3. The van der Waals surface area contributed by atoms with Crippen molar-refractivity contribution in [3.8, 4) is 0 Å². The Kier molecular flexibility index (Phi) is 3.80. The smallest absolute Gasteiger partial charge is 0.378 e. The van der Waals surface area contributed by atoms with Crippen LogP contribution in [-0.4, -0.2) is 4.98 Å². The first-order valence-corrected chi connectivity index (χ1v) is 6.58. The second-order valence-electron chi connectivity index (χ2n) is 4.30. The lowest BCUT2D eigenvalue weighted by Crippen LogP contribution is -2.10. The average Bonchev–Trinajstić information content (AvgIpc) is 2.83. The summed E-state index contributed by atoms with van der Waals surface area (Å²) in [7, 11) is 0. The fourth-order valence-corrected chi connectivity index (χ4v) is 2.41. The van der Waals surface area contributed by atoms with Crippen molar-refractivity contribution in [1.29, 1.82) is 0 Å². The van der Waals surface area contributed by atoms with Crippen LogP contribution in [0, 0.1) is 6.92 Å². The predicted molar refractivity (Wildman–Crippen MR) is 70.3 cm³/mol. The van der Waals surface area contributed by atoms with Crippen LogP contribution in [0.3, 0.4) is 0 Å². The topological polar surface area (TPSA) is 24.9 Å². The van der Waals surface area contributed by atoms with Crippen LogP contribution in [-0.2, 0) is 6.18 Å². The van der Waals surface area contributed by atoms with Crippen molar-refractivity contribution in [3.63, 3.8) is 0 Å². The van der Waals surface area contributed by atoms with E-state index in [0.717, 1.165) is 10.9 Å². The first kappa shape index (κ1) is 13.9. The van der Waals surface area contributed by atoms with E-state index in [4.69, 9.17) is 0 Å². The summed E-state index contributed by atoms with van der Waals surface area (Å²) in [5.41, 5.74) is 1.78. The van der Waals surface area contributed by atoms with Gasteiger partial charge in [0.25, 0.3) is 0 Å². The molecule has 2 nitrogen and oxygen atoms in total. The molecule has 1 heterocycles.